The SMILES string of the molecule is NCCn1ccc2c1CCCC2. The van der Waals surface area contributed by atoms with Crippen LogP contribution in [-0.2, 0) is 19.4 Å². The normalized spacial score (nSPS) is 16.1. The van der Waals surface area contributed by atoms with Crippen molar-refractivity contribution in [3.8, 4) is 0 Å². The van der Waals surface area contributed by atoms with Gasteiger partial charge in [-0.05, 0) is 37.3 Å². The Morgan fingerprint density at radius 1 is 1.33 bits per heavy atom. The average molecular weight is 164 g/mol. The molecule has 2 rings (SSSR count). The molecule has 0 saturated carbocycles. The number of rotatable bonds is 2. The van der Waals surface area contributed by atoms with Crippen molar-refractivity contribution in [3.05, 3.63) is 23.5 Å². The molecule has 0 saturated heterocycles. The molecule has 1 aliphatic rings. The summed E-state index contributed by atoms with van der Waals surface area (Å²) < 4.78 is 2.31. The Morgan fingerprint density at radius 2 is 2.17 bits per heavy atom. The van der Waals surface area contributed by atoms with Gasteiger partial charge in [-0.3, -0.25) is 0 Å². The zero-order chi connectivity index (χ0) is 8.39. The predicted octanol–water partition coefficient (Wildman–Crippen LogP) is 1.33. The molecule has 0 spiro atoms. The summed E-state index contributed by atoms with van der Waals surface area (Å²) >= 11 is 0. The van der Waals surface area contributed by atoms with Gasteiger partial charge in [-0.25, -0.2) is 0 Å². The maximum absolute atomic E-state index is 5.53. The molecule has 0 aromatic carbocycles. The molecule has 1 aromatic heterocycles. The lowest BCUT2D eigenvalue weighted by Crippen LogP contribution is -2.13. The Labute approximate surface area is 73.4 Å². The second-order valence-corrected chi connectivity index (χ2v) is 3.48. The molecule has 66 valence electrons. The van der Waals surface area contributed by atoms with Crippen LogP contribution in [0.15, 0.2) is 12.3 Å². The lowest BCUT2D eigenvalue weighted by atomic mass is 9.98. The largest absolute Gasteiger partial charge is 0.350 e. The maximum Gasteiger partial charge on any atom is 0.0345 e. The number of fused-ring (bicyclic) bond motifs is 1. The molecular weight excluding hydrogens is 148 g/mol. The van der Waals surface area contributed by atoms with Gasteiger partial charge in [0, 0.05) is 25.0 Å². The van der Waals surface area contributed by atoms with Crippen LogP contribution in [0, 0.1) is 0 Å². The van der Waals surface area contributed by atoms with Gasteiger partial charge in [-0.2, -0.15) is 0 Å². The van der Waals surface area contributed by atoms with E-state index in [0.717, 1.165) is 13.1 Å². The Balaban J connectivity index is 2.25. The molecule has 2 N–H and O–H groups in total. The summed E-state index contributed by atoms with van der Waals surface area (Å²) in [4.78, 5) is 0. The summed E-state index contributed by atoms with van der Waals surface area (Å²) in [6, 6.07) is 2.25. The van der Waals surface area contributed by atoms with Crippen molar-refractivity contribution in [1.82, 2.24) is 4.57 Å². The summed E-state index contributed by atoms with van der Waals surface area (Å²) in [5.41, 5.74) is 8.62. The standard InChI is InChI=1S/C10H16N2/c11-6-8-12-7-5-9-3-1-2-4-10(9)12/h5,7H,1-4,6,8,11H2. The molecule has 0 atom stereocenters. The third-order valence-corrected chi connectivity index (χ3v) is 2.65. The van der Waals surface area contributed by atoms with E-state index in [2.05, 4.69) is 16.8 Å². The van der Waals surface area contributed by atoms with Crippen LogP contribution in [0.5, 0.6) is 0 Å². The number of aryl methyl sites for hydroxylation is 1. The zero-order valence-electron chi connectivity index (χ0n) is 7.42. The fourth-order valence-electron chi connectivity index (χ4n) is 2.04. The number of hydrogen-bond acceptors (Lipinski definition) is 1. The maximum atomic E-state index is 5.53. The predicted molar refractivity (Wildman–Crippen MR) is 50.1 cm³/mol. The highest BCUT2D eigenvalue weighted by Crippen LogP contribution is 2.21. The fourth-order valence-corrected chi connectivity index (χ4v) is 2.04. The highest BCUT2D eigenvalue weighted by atomic mass is 15.0. The average Bonchev–Trinajstić information content (AvgIpc) is 2.50. The highest BCUT2D eigenvalue weighted by molar-refractivity contribution is 5.24. The van der Waals surface area contributed by atoms with Gasteiger partial charge in [0.15, 0.2) is 0 Å². The molecule has 0 radical (unpaired) electrons. The van der Waals surface area contributed by atoms with Gasteiger partial charge in [0.1, 0.15) is 0 Å². The van der Waals surface area contributed by atoms with Crippen molar-refractivity contribution in [3.63, 3.8) is 0 Å². The second-order valence-electron chi connectivity index (χ2n) is 3.48. The highest BCUT2D eigenvalue weighted by Gasteiger charge is 2.12. The molecule has 0 aliphatic heterocycles. The molecular formula is C10H16N2. The summed E-state index contributed by atoms with van der Waals surface area (Å²) in [5, 5.41) is 0. The van der Waals surface area contributed by atoms with Crippen LogP contribution in [0.4, 0.5) is 0 Å². The van der Waals surface area contributed by atoms with Gasteiger partial charge in [0.05, 0.1) is 0 Å². The minimum atomic E-state index is 0.751. The molecule has 1 aliphatic carbocycles. The molecule has 1 heterocycles. The van der Waals surface area contributed by atoms with Crippen LogP contribution >= 0.6 is 0 Å². The van der Waals surface area contributed by atoms with E-state index < -0.39 is 0 Å². The van der Waals surface area contributed by atoms with E-state index in [4.69, 9.17) is 5.73 Å². The van der Waals surface area contributed by atoms with Gasteiger partial charge in [0.2, 0.25) is 0 Å². The minimum absolute atomic E-state index is 0.751. The third kappa shape index (κ3) is 1.27. The number of nitrogens with two attached hydrogens (primary N) is 1. The van der Waals surface area contributed by atoms with Crippen molar-refractivity contribution in [2.24, 2.45) is 5.73 Å². The summed E-state index contributed by atoms with van der Waals surface area (Å²) in [6.07, 6.45) is 7.42. The quantitative estimate of drug-likeness (QED) is 0.702. The molecule has 0 unspecified atom stereocenters. The van der Waals surface area contributed by atoms with Crippen molar-refractivity contribution < 1.29 is 0 Å². The second kappa shape index (κ2) is 3.31. The Bertz CT molecular complexity index is 263. The fraction of sp³-hybridized carbons (Fsp3) is 0.600. The van der Waals surface area contributed by atoms with Crippen molar-refractivity contribution in [2.45, 2.75) is 32.2 Å². The lowest BCUT2D eigenvalue weighted by Gasteiger charge is -2.14. The van der Waals surface area contributed by atoms with E-state index in [-0.39, 0.29) is 0 Å². The van der Waals surface area contributed by atoms with Gasteiger partial charge >= 0.3 is 0 Å². The Hall–Kier alpha value is -0.760. The van der Waals surface area contributed by atoms with E-state index in [0.29, 0.717) is 0 Å². The summed E-state index contributed by atoms with van der Waals surface area (Å²) in [5.74, 6) is 0. The smallest absolute Gasteiger partial charge is 0.0345 e. The van der Waals surface area contributed by atoms with E-state index in [9.17, 15) is 0 Å². The Kier molecular flexibility index (Phi) is 2.17. The first-order valence-electron chi connectivity index (χ1n) is 4.79. The lowest BCUT2D eigenvalue weighted by molar-refractivity contribution is 0.608. The third-order valence-electron chi connectivity index (χ3n) is 2.65. The van der Waals surface area contributed by atoms with Crippen molar-refractivity contribution in [2.75, 3.05) is 6.54 Å². The van der Waals surface area contributed by atoms with Crippen LogP contribution in [-0.4, -0.2) is 11.1 Å². The zero-order valence-corrected chi connectivity index (χ0v) is 7.42. The molecule has 0 amide bonds. The van der Waals surface area contributed by atoms with Gasteiger partial charge in [-0.1, -0.05) is 0 Å². The van der Waals surface area contributed by atoms with Crippen LogP contribution in [0.25, 0.3) is 0 Å². The molecule has 12 heavy (non-hydrogen) atoms. The molecule has 1 aromatic rings. The van der Waals surface area contributed by atoms with Crippen LogP contribution in [0.1, 0.15) is 24.1 Å². The van der Waals surface area contributed by atoms with Crippen molar-refractivity contribution >= 4 is 0 Å². The topological polar surface area (TPSA) is 30.9 Å². The van der Waals surface area contributed by atoms with Gasteiger partial charge in [0.25, 0.3) is 0 Å². The van der Waals surface area contributed by atoms with Gasteiger partial charge in [-0.15, -0.1) is 0 Å². The summed E-state index contributed by atoms with van der Waals surface area (Å²) in [6.45, 7) is 1.73. The van der Waals surface area contributed by atoms with Crippen LogP contribution < -0.4 is 5.73 Å². The first-order chi connectivity index (χ1) is 5.92. The number of aromatic nitrogens is 1. The monoisotopic (exact) mass is 164 g/mol. The summed E-state index contributed by atoms with van der Waals surface area (Å²) in [7, 11) is 0. The first kappa shape index (κ1) is 7.87. The molecule has 0 fully saturated rings. The molecule has 2 nitrogen and oxygen atoms in total. The van der Waals surface area contributed by atoms with Crippen molar-refractivity contribution in [1.29, 1.82) is 0 Å². The minimum Gasteiger partial charge on any atom is -0.350 e. The first-order valence-corrected chi connectivity index (χ1v) is 4.79. The van der Waals surface area contributed by atoms with E-state index >= 15 is 0 Å². The van der Waals surface area contributed by atoms with E-state index in [1.54, 1.807) is 5.56 Å². The Morgan fingerprint density at radius 3 is 3.00 bits per heavy atom. The van der Waals surface area contributed by atoms with Gasteiger partial charge < -0.3 is 10.3 Å². The van der Waals surface area contributed by atoms with E-state index in [1.165, 1.54) is 31.4 Å². The molecule has 2 heteroatoms. The van der Waals surface area contributed by atoms with E-state index in [1.807, 2.05) is 0 Å². The number of hydrogen-bond donors (Lipinski definition) is 1. The molecule has 0 bridgehead atoms. The van der Waals surface area contributed by atoms with Crippen LogP contribution in [0.2, 0.25) is 0 Å². The van der Waals surface area contributed by atoms with Crippen LogP contribution in [0.3, 0.4) is 0 Å². The number of nitrogens with zero attached hydrogens (tertiary/aromatic N) is 1.